The van der Waals surface area contributed by atoms with Gasteiger partial charge in [-0.05, 0) is 43.0 Å². The van der Waals surface area contributed by atoms with E-state index in [0.29, 0.717) is 16.0 Å². The van der Waals surface area contributed by atoms with Crippen molar-refractivity contribution in [2.45, 2.75) is 17.7 Å². The van der Waals surface area contributed by atoms with Crippen LogP contribution in [0.1, 0.15) is 12.0 Å². The van der Waals surface area contributed by atoms with Crippen LogP contribution >= 0.6 is 35.0 Å². The number of nitrogens with two attached hydrogens (primary N) is 1. The Morgan fingerprint density at radius 1 is 1.33 bits per heavy atom. The summed E-state index contributed by atoms with van der Waals surface area (Å²) in [5, 5.41) is 1.31. The highest BCUT2D eigenvalue weighted by molar-refractivity contribution is 7.99. The van der Waals surface area contributed by atoms with Gasteiger partial charge in [0.1, 0.15) is 0 Å². The summed E-state index contributed by atoms with van der Waals surface area (Å²) < 4.78 is 0. The van der Waals surface area contributed by atoms with Crippen LogP contribution in [0.5, 0.6) is 0 Å². The molecular weight excluding hydrogens is 249 g/mol. The third kappa shape index (κ3) is 2.62. The molecule has 0 fully saturated rings. The van der Waals surface area contributed by atoms with Crippen molar-refractivity contribution in [3.63, 3.8) is 0 Å². The Morgan fingerprint density at radius 3 is 2.80 bits per heavy atom. The molecule has 0 radical (unpaired) electrons. The summed E-state index contributed by atoms with van der Waals surface area (Å²) in [6.07, 6.45) is 2.17. The van der Waals surface area contributed by atoms with Gasteiger partial charge >= 0.3 is 0 Å². The van der Waals surface area contributed by atoms with Crippen molar-refractivity contribution in [3.8, 4) is 0 Å². The second kappa shape index (κ2) is 4.96. The molecule has 4 heteroatoms. The van der Waals surface area contributed by atoms with Crippen LogP contribution < -0.4 is 5.73 Å². The molecule has 0 bridgehead atoms. The number of fused-ring (bicyclic) bond motifs is 1. The Bertz CT molecular complexity index is 368. The largest absolute Gasteiger partial charge is 0.330 e. The average Bonchev–Trinajstić information content (AvgIpc) is 2.21. The second-order valence-electron chi connectivity index (χ2n) is 3.83. The normalized spacial score (nSPS) is 20.1. The SMILES string of the molecule is NCCC1CSc2cc(Cl)c(Cl)cc2C1. The van der Waals surface area contributed by atoms with Gasteiger partial charge < -0.3 is 5.73 Å². The fourth-order valence-corrected chi connectivity index (χ4v) is 3.51. The van der Waals surface area contributed by atoms with Crippen molar-refractivity contribution in [1.29, 1.82) is 0 Å². The fourth-order valence-electron chi connectivity index (χ4n) is 1.86. The Balaban J connectivity index is 2.22. The van der Waals surface area contributed by atoms with E-state index in [1.165, 1.54) is 10.5 Å². The monoisotopic (exact) mass is 261 g/mol. The number of thioether (sulfide) groups is 1. The van der Waals surface area contributed by atoms with E-state index >= 15 is 0 Å². The zero-order valence-corrected chi connectivity index (χ0v) is 10.6. The van der Waals surface area contributed by atoms with E-state index in [1.54, 1.807) is 0 Å². The van der Waals surface area contributed by atoms with Gasteiger partial charge in [-0.3, -0.25) is 0 Å². The molecule has 0 saturated heterocycles. The lowest BCUT2D eigenvalue weighted by molar-refractivity contribution is 0.537. The number of hydrogen-bond acceptors (Lipinski definition) is 2. The molecule has 1 atom stereocenters. The van der Waals surface area contributed by atoms with Gasteiger partial charge in [0.15, 0.2) is 0 Å². The van der Waals surface area contributed by atoms with Gasteiger partial charge in [0, 0.05) is 10.6 Å². The summed E-state index contributed by atoms with van der Waals surface area (Å²) in [7, 11) is 0. The highest BCUT2D eigenvalue weighted by Gasteiger charge is 2.19. The standard InChI is InChI=1S/C11H13Cl2NS/c12-9-4-8-3-7(1-2-14)6-15-11(8)5-10(9)13/h4-5,7H,1-3,6,14H2. The highest BCUT2D eigenvalue weighted by Crippen LogP contribution is 2.38. The number of benzene rings is 1. The molecule has 0 aromatic heterocycles. The maximum atomic E-state index is 6.00. The van der Waals surface area contributed by atoms with E-state index in [2.05, 4.69) is 0 Å². The molecule has 1 nitrogen and oxygen atoms in total. The Morgan fingerprint density at radius 2 is 2.07 bits per heavy atom. The second-order valence-corrected chi connectivity index (χ2v) is 5.71. The third-order valence-corrected chi connectivity index (χ3v) is 4.71. The van der Waals surface area contributed by atoms with Crippen LogP contribution in [0.3, 0.4) is 0 Å². The molecule has 1 aromatic rings. The van der Waals surface area contributed by atoms with Gasteiger partial charge in [-0.1, -0.05) is 23.2 Å². The molecular formula is C11H13Cl2NS. The number of rotatable bonds is 2. The minimum Gasteiger partial charge on any atom is -0.330 e. The van der Waals surface area contributed by atoms with Gasteiger partial charge in [-0.2, -0.15) is 0 Å². The molecule has 2 N–H and O–H groups in total. The molecule has 1 aromatic carbocycles. The van der Waals surface area contributed by atoms with Crippen molar-refractivity contribution in [3.05, 3.63) is 27.7 Å². The van der Waals surface area contributed by atoms with Crippen LogP contribution in [-0.4, -0.2) is 12.3 Å². The van der Waals surface area contributed by atoms with Crippen molar-refractivity contribution >= 4 is 35.0 Å². The average molecular weight is 262 g/mol. The summed E-state index contributed by atoms with van der Waals surface area (Å²) >= 11 is 13.8. The van der Waals surface area contributed by atoms with E-state index in [0.717, 1.165) is 25.1 Å². The van der Waals surface area contributed by atoms with Gasteiger partial charge in [0.05, 0.1) is 10.0 Å². The third-order valence-electron chi connectivity index (χ3n) is 2.66. The molecule has 0 saturated carbocycles. The summed E-state index contributed by atoms with van der Waals surface area (Å²) in [6, 6.07) is 3.97. The van der Waals surface area contributed by atoms with Crippen LogP contribution in [0.25, 0.3) is 0 Å². The van der Waals surface area contributed by atoms with Crippen molar-refractivity contribution < 1.29 is 0 Å². The number of halogens is 2. The van der Waals surface area contributed by atoms with Crippen LogP contribution in [-0.2, 0) is 6.42 Å². The van der Waals surface area contributed by atoms with Gasteiger partial charge in [0.2, 0.25) is 0 Å². The molecule has 2 rings (SSSR count). The van der Waals surface area contributed by atoms with Crippen molar-refractivity contribution in [2.75, 3.05) is 12.3 Å². The Labute approximate surface area is 104 Å². The van der Waals surface area contributed by atoms with Gasteiger partial charge in [-0.25, -0.2) is 0 Å². The first kappa shape index (κ1) is 11.6. The predicted octanol–water partition coefficient (Wildman–Crippen LogP) is 3.61. The summed E-state index contributed by atoms with van der Waals surface area (Å²) in [5.41, 5.74) is 6.90. The van der Waals surface area contributed by atoms with Crippen LogP contribution in [0.2, 0.25) is 10.0 Å². The van der Waals surface area contributed by atoms with Crippen LogP contribution in [0.15, 0.2) is 17.0 Å². The molecule has 0 aliphatic carbocycles. The molecule has 1 aliphatic rings. The van der Waals surface area contributed by atoms with E-state index in [9.17, 15) is 0 Å². The van der Waals surface area contributed by atoms with Gasteiger partial charge in [-0.15, -0.1) is 11.8 Å². The Kier molecular flexibility index (Phi) is 3.83. The molecule has 1 aliphatic heterocycles. The maximum absolute atomic E-state index is 6.00. The lowest BCUT2D eigenvalue weighted by Gasteiger charge is -2.24. The maximum Gasteiger partial charge on any atom is 0.0603 e. The molecule has 0 amide bonds. The van der Waals surface area contributed by atoms with Crippen LogP contribution in [0.4, 0.5) is 0 Å². The van der Waals surface area contributed by atoms with Crippen molar-refractivity contribution in [1.82, 2.24) is 0 Å². The lowest BCUT2D eigenvalue weighted by Crippen LogP contribution is -2.17. The smallest absolute Gasteiger partial charge is 0.0603 e. The fraction of sp³-hybridized carbons (Fsp3) is 0.455. The first-order valence-electron chi connectivity index (χ1n) is 5.01. The molecule has 1 unspecified atom stereocenters. The van der Waals surface area contributed by atoms with E-state index in [4.69, 9.17) is 28.9 Å². The first-order valence-corrected chi connectivity index (χ1v) is 6.75. The predicted molar refractivity (Wildman–Crippen MR) is 68.1 cm³/mol. The summed E-state index contributed by atoms with van der Waals surface area (Å²) in [4.78, 5) is 1.28. The van der Waals surface area contributed by atoms with Crippen molar-refractivity contribution in [2.24, 2.45) is 11.7 Å². The van der Waals surface area contributed by atoms with E-state index in [-0.39, 0.29) is 0 Å². The lowest BCUT2D eigenvalue weighted by atomic mass is 9.97. The zero-order valence-electron chi connectivity index (χ0n) is 8.30. The Hall–Kier alpha value is 0.110. The molecule has 0 spiro atoms. The highest BCUT2D eigenvalue weighted by atomic mass is 35.5. The quantitative estimate of drug-likeness (QED) is 0.881. The van der Waals surface area contributed by atoms with E-state index in [1.807, 2.05) is 23.9 Å². The zero-order chi connectivity index (χ0) is 10.8. The first-order chi connectivity index (χ1) is 7.20. The van der Waals surface area contributed by atoms with E-state index < -0.39 is 0 Å². The van der Waals surface area contributed by atoms with Crippen LogP contribution in [0, 0.1) is 5.92 Å². The molecule has 15 heavy (non-hydrogen) atoms. The summed E-state index contributed by atoms with van der Waals surface area (Å²) in [6.45, 7) is 0.766. The molecule has 1 heterocycles. The minimum atomic E-state index is 0.653. The van der Waals surface area contributed by atoms with Gasteiger partial charge in [0.25, 0.3) is 0 Å². The molecule has 82 valence electrons. The number of hydrogen-bond donors (Lipinski definition) is 1. The minimum absolute atomic E-state index is 0.653. The topological polar surface area (TPSA) is 26.0 Å². The summed E-state index contributed by atoms with van der Waals surface area (Å²) in [5.74, 6) is 1.83.